The van der Waals surface area contributed by atoms with E-state index in [1.165, 1.54) is 6.54 Å². The van der Waals surface area contributed by atoms with Crippen molar-refractivity contribution in [1.82, 2.24) is 4.90 Å². The Kier molecular flexibility index (Phi) is 6.43. The Balaban J connectivity index is 0.000000371. The van der Waals surface area contributed by atoms with Crippen molar-refractivity contribution in [3.8, 4) is 0 Å². The first kappa shape index (κ1) is 9.59. The van der Waals surface area contributed by atoms with E-state index in [4.69, 9.17) is 9.53 Å². The van der Waals surface area contributed by atoms with Gasteiger partial charge in [-0.15, -0.1) is 0 Å². The maximum absolute atomic E-state index is 8.00. The lowest BCUT2D eigenvalue weighted by Gasteiger charge is -2.24. The van der Waals surface area contributed by atoms with Gasteiger partial charge in [0.1, 0.15) is 6.79 Å². The van der Waals surface area contributed by atoms with Crippen LogP contribution in [0.15, 0.2) is 0 Å². The second-order valence-corrected chi connectivity index (χ2v) is 2.05. The molecule has 0 atom stereocenters. The maximum atomic E-state index is 8.00. The number of hydrogen-bond donors (Lipinski definition) is 0. The normalized spacial score (nSPS) is 19.3. The quantitative estimate of drug-likeness (QED) is 0.526. The molecule has 1 saturated heterocycles. The molecule has 1 fully saturated rings. The molecule has 0 aromatic rings. The summed E-state index contributed by atoms with van der Waals surface area (Å²) in [6, 6.07) is 0. The molecule has 0 N–H and O–H groups in total. The van der Waals surface area contributed by atoms with Crippen LogP contribution in [0.25, 0.3) is 0 Å². The van der Waals surface area contributed by atoms with Gasteiger partial charge in [0.25, 0.3) is 0 Å². The van der Waals surface area contributed by atoms with Crippen molar-refractivity contribution in [3.63, 3.8) is 0 Å². The third-order valence-corrected chi connectivity index (χ3v) is 1.55. The predicted molar refractivity (Wildman–Crippen MR) is 40.1 cm³/mol. The number of rotatable bonds is 1. The summed E-state index contributed by atoms with van der Waals surface area (Å²) in [4.78, 5) is 10.4. The van der Waals surface area contributed by atoms with Crippen molar-refractivity contribution >= 4 is 6.79 Å². The number of hydrogen-bond acceptors (Lipinski definition) is 3. The van der Waals surface area contributed by atoms with Crippen molar-refractivity contribution in [2.24, 2.45) is 0 Å². The molecule has 0 aromatic heterocycles. The van der Waals surface area contributed by atoms with E-state index < -0.39 is 0 Å². The van der Waals surface area contributed by atoms with Crippen LogP contribution in [0.1, 0.15) is 6.92 Å². The molecule has 3 nitrogen and oxygen atoms in total. The maximum Gasteiger partial charge on any atom is 0.106 e. The average molecular weight is 145 g/mol. The van der Waals surface area contributed by atoms with Crippen molar-refractivity contribution < 1.29 is 9.53 Å². The monoisotopic (exact) mass is 145 g/mol. The van der Waals surface area contributed by atoms with Gasteiger partial charge in [0, 0.05) is 13.1 Å². The smallest absolute Gasteiger partial charge is 0.106 e. The Morgan fingerprint density at radius 2 is 1.90 bits per heavy atom. The fourth-order valence-corrected chi connectivity index (χ4v) is 0.917. The molecule has 0 unspecified atom stereocenters. The lowest BCUT2D eigenvalue weighted by molar-refractivity contribution is -0.0979. The molecule has 1 aliphatic heterocycles. The van der Waals surface area contributed by atoms with Gasteiger partial charge < -0.3 is 9.53 Å². The van der Waals surface area contributed by atoms with E-state index in [0.29, 0.717) is 0 Å². The van der Waals surface area contributed by atoms with E-state index in [2.05, 4.69) is 11.8 Å². The largest absolute Gasteiger partial charge is 0.379 e. The number of carbonyl (C=O) groups excluding carboxylic acids is 1. The number of ether oxygens (including phenoxy) is 1. The predicted octanol–water partition coefficient (Wildman–Crippen LogP) is 0.154. The first-order valence-corrected chi connectivity index (χ1v) is 3.52. The van der Waals surface area contributed by atoms with Gasteiger partial charge in [0.05, 0.1) is 13.2 Å². The van der Waals surface area contributed by atoms with Crippen LogP contribution < -0.4 is 0 Å². The number of carbonyl (C=O) groups is 1. The van der Waals surface area contributed by atoms with Crippen LogP contribution in [0.3, 0.4) is 0 Å². The highest BCUT2D eigenvalue weighted by Gasteiger charge is 2.05. The summed E-state index contributed by atoms with van der Waals surface area (Å²) in [5, 5.41) is 0. The van der Waals surface area contributed by atoms with E-state index in [1.807, 2.05) is 6.79 Å². The fraction of sp³-hybridized carbons (Fsp3) is 0.857. The molecule has 0 amide bonds. The second kappa shape index (κ2) is 6.71. The van der Waals surface area contributed by atoms with Crippen molar-refractivity contribution in [3.05, 3.63) is 0 Å². The molecule has 0 bridgehead atoms. The van der Waals surface area contributed by atoms with E-state index in [0.717, 1.165) is 26.3 Å². The van der Waals surface area contributed by atoms with Gasteiger partial charge in [-0.1, -0.05) is 6.92 Å². The van der Waals surface area contributed by atoms with Crippen LogP contribution >= 0.6 is 0 Å². The van der Waals surface area contributed by atoms with E-state index in [1.54, 1.807) is 0 Å². The molecular weight excluding hydrogens is 130 g/mol. The molecule has 0 aliphatic carbocycles. The summed E-state index contributed by atoms with van der Waals surface area (Å²) < 4.78 is 5.16. The molecule has 3 heteroatoms. The van der Waals surface area contributed by atoms with Crippen molar-refractivity contribution in [2.75, 3.05) is 32.8 Å². The van der Waals surface area contributed by atoms with Gasteiger partial charge in [-0.25, -0.2) is 0 Å². The third-order valence-electron chi connectivity index (χ3n) is 1.55. The summed E-state index contributed by atoms with van der Waals surface area (Å²) in [6.45, 7) is 9.45. The van der Waals surface area contributed by atoms with Gasteiger partial charge >= 0.3 is 0 Å². The zero-order chi connectivity index (χ0) is 7.82. The van der Waals surface area contributed by atoms with E-state index in [-0.39, 0.29) is 0 Å². The minimum atomic E-state index is 0.924. The van der Waals surface area contributed by atoms with Gasteiger partial charge in [-0.2, -0.15) is 0 Å². The molecule has 60 valence electrons. The average Bonchev–Trinajstić information content (AvgIpc) is 2.10. The highest BCUT2D eigenvalue weighted by Crippen LogP contribution is 1.93. The molecule has 1 rings (SSSR count). The van der Waals surface area contributed by atoms with Crippen LogP contribution in [0.5, 0.6) is 0 Å². The van der Waals surface area contributed by atoms with Crippen LogP contribution in [0, 0.1) is 0 Å². The summed E-state index contributed by atoms with van der Waals surface area (Å²) in [7, 11) is 0. The SMILES string of the molecule is C=O.CCN1CCOCC1. The molecule has 10 heavy (non-hydrogen) atoms. The third kappa shape index (κ3) is 3.58. The number of nitrogens with zero attached hydrogens (tertiary/aromatic N) is 1. The Bertz CT molecular complexity index is 72.0. The van der Waals surface area contributed by atoms with Gasteiger partial charge in [0.2, 0.25) is 0 Å². The lowest BCUT2D eigenvalue weighted by atomic mass is 10.4. The molecule has 0 spiro atoms. The molecule has 0 radical (unpaired) electrons. The molecule has 0 aromatic carbocycles. The Hall–Kier alpha value is -0.410. The summed E-state index contributed by atoms with van der Waals surface area (Å²) in [5.74, 6) is 0. The molecular formula is C7H15NO2. The van der Waals surface area contributed by atoms with E-state index in [9.17, 15) is 0 Å². The highest BCUT2D eigenvalue weighted by atomic mass is 16.5. The van der Waals surface area contributed by atoms with Crippen molar-refractivity contribution in [1.29, 1.82) is 0 Å². The zero-order valence-electron chi connectivity index (χ0n) is 6.51. The minimum Gasteiger partial charge on any atom is -0.379 e. The summed E-state index contributed by atoms with van der Waals surface area (Å²) in [6.07, 6.45) is 0. The molecule has 1 heterocycles. The van der Waals surface area contributed by atoms with Crippen LogP contribution in [0.4, 0.5) is 0 Å². The topological polar surface area (TPSA) is 29.5 Å². The molecule has 1 aliphatic rings. The van der Waals surface area contributed by atoms with Gasteiger partial charge in [0.15, 0.2) is 0 Å². The van der Waals surface area contributed by atoms with Crippen LogP contribution in [-0.4, -0.2) is 44.5 Å². The second-order valence-electron chi connectivity index (χ2n) is 2.05. The zero-order valence-corrected chi connectivity index (χ0v) is 6.51. The van der Waals surface area contributed by atoms with Crippen molar-refractivity contribution in [2.45, 2.75) is 6.92 Å². The number of morpholine rings is 1. The first-order chi connectivity index (χ1) is 4.93. The highest BCUT2D eigenvalue weighted by molar-refractivity contribution is 5.10. The minimum absolute atomic E-state index is 0.924. The first-order valence-electron chi connectivity index (χ1n) is 3.52. The Labute approximate surface area is 62.0 Å². The van der Waals surface area contributed by atoms with Gasteiger partial charge in [-0.05, 0) is 6.54 Å². The van der Waals surface area contributed by atoms with Crippen LogP contribution in [0.2, 0.25) is 0 Å². The van der Waals surface area contributed by atoms with Gasteiger partial charge in [-0.3, -0.25) is 4.90 Å². The Morgan fingerprint density at radius 3 is 2.20 bits per heavy atom. The number of likely N-dealkylation sites (N-methyl/N-ethyl adjacent to an activating group) is 1. The van der Waals surface area contributed by atoms with Crippen LogP contribution in [-0.2, 0) is 9.53 Å². The standard InChI is InChI=1S/C6H13NO.CH2O/c1-2-7-3-5-8-6-4-7;1-2/h2-6H2,1H3;1H2. The van der Waals surface area contributed by atoms with E-state index >= 15 is 0 Å². The summed E-state index contributed by atoms with van der Waals surface area (Å²) >= 11 is 0. The fourth-order valence-electron chi connectivity index (χ4n) is 0.917. The Morgan fingerprint density at radius 1 is 1.40 bits per heavy atom. The molecule has 0 saturated carbocycles. The lowest BCUT2D eigenvalue weighted by Crippen LogP contribution is -2.35. The summed E-state index contributed by atoms with van der Waals surface area (Å²) in [5.41, 5.74) is 0.